The molecular formula is C12H12FN3. The van der Waals surface area contributed by atoms with Crippen LogP contribution in [0.15, 0.2) is 49.3 Å². The van der Waals surface area contributed by atoms with E-state index in [1.807, 2.05) is 10.8 Å². The highest BCUT2D eigenvalue weighted by atomic mass is 19.1. The first-order valence-electron chi connectivity index (χ1n) is 4.94. The third kappa shape index (κ3) is 2.28. The summed E-state index contributed by atoms with van der Waals surface area (Å²) in [6.07, 6.45) is 5.30. The molecule has 0 amide bonds. The third-order valence-corrected chi connectivity index (χ3v) is 2.12. The van der Waals surface area contributed by atoms with Gasteiger partial charge in [-0.2, -0.15) is 0 Å². The van der Waals surface area contributed by atoms with Gasteiger partial charge in [0.25, 0.3) is 0 Å². The molecule has 1 heterocycles. The minimum atomic E-state index is -0.271. The van der Waals surface area contributed by atoms with Gasteiger partial charge in [0.2, 0.25) is 5.95 Å². The van der Waals surface area contributed by atoms with Crippen LogP contribution in [0, 0.1) is 5.82 Å². The predicted molar refractivity (Wildman–Crippen MR) is 62.1 cm³/mol. The number of hydrogen-bond donors (Lipinski definition) is 1. The van der Waals surface area contributed by atoms with Crippen LogP contribution in [0.25, 0.3) is 0 Å². The number of nitrogens with one attached hydrogen (secondary N) is 1. The fourth-order valence-electron chi connectivity index (χ4n) is 1.41. The molecule has 0 spiro atoms. The molecule has 82 valence electrons. The summed E-state index contributed by atoms with van der Waals surface area (Å²) in [5.41, 5.74) is 0.677. The van der Waals surface area contributed by atoms with Crippen LogP contribution in [0.4, 0.5) is 16.0 Å². The fraction of sp³-hybridized carbons (Fsp3) is 0.0833. The lowest BCUT2D eigenvalue weighted by Gasteiger charge is -2.07. The summed E-state index contributed by atoms with van der Waals surface area (Å²) in [6.45, 7) is 4.33. The largest absolute Gasteiger partial charge is 0.326 e. The Bertz CT molecular complexity index is 491. The SMILES string of the molecule is C=CCn1ccnc1Nc1cccc(F)c1. The van der Waals surface area contributed by atoms with E-state index in [0.717, 1.165) is 0 Å². The average Bonchev–Trinajstić information content (AvgIpc) is 2.66. The van der Waals surface area contributed by atoms with Crippen LogP contribution in [-0.2, 0) is 6.54 Å². The van der Waals surface area contributed by atoms with Gasteiger partial charge >= 0.3 is 0 Å². The molecule has 3 nitrogen and oxygen atoms in total. The van der Waals surface area contributed by atoms with Gasteiger partial charge in [-0.3, -0.25) is 0 Å². The number of hydrogen-bond acceptors (Lipinski definition) is 2. The number of anilines is 2. The van der Waals surface area contributed by atoms with Gasteiger partial charge in [-0.05, 0) is 18.2 Å². The zero-order valence-electron chi connectivity index (χ0n) is 8.73. The molecule has 0 unspecified atom stereocenters. The van der Waals surface area contributed by atoms with Crippen LogP contribution < -0.4 is 5.32 Å². The van der Waals surface area contributed by atoms with E-state index < -0.39 is 0 Å². The second kappa shape index (κ2) is 4.61. The summed E-state index contributed by atoms with van der Waals surface area (Å²) in [4.78, 5) is 4.14. The van der Waals surface area contributed by atoms with Crippen LogP contribution in [0.2, 0.25) is 0 Å². The summed E-state index contributed by atoms with van der Waals surface area (Å²) in [6, 6.07) is 6.27. The summed E-state index contributed by atoms with van der Waals surface area (Å²) < 4.78 is 14.8. The normalized spacial score (nSPS) is 10.1. The van der Waals surface area contributed by atoms with Gasteiger partial charge in [0.15, 0.2) is 0 Å². The quantitative estimate of drug-likeness (QED) is 0.798. The third-order valence-electron chi connectivity index (χ3n) is 2.12. The molecule has 1 N–H and O–H groups in total. The molecule has 0 bridgehead atoms. The van der Waals surface area contributed by atoms with Gasteiger partial charge in [-0.25, -0.2) is 9.37 Å². The standard InChI is InChI=1S/C12H12FN3/c1-2-7-16-8-6-14-12(16)15-11-5-3-4-10(13)9-11/h2-6,8-9H,1,7H2,(H,14,15). The van der Waals surface area contributed by atoms with Crippen molar-refractivity contribution in [2.45, 2.75) is 6.54 Å². The fourth-order valence-corrected chi connectivity index (χ4v) is 1.41. The molecule has 16 heavy (non-hydrogen) atoms. The topological polar surface area (TPSA) is 29.9 Å². The first-order valence-corrected chi connectivity index (χ1v) is 4.94. The second-order valence-electron chi connectivity index (χ2n) is 3.33. The monoisotopic (exact) mass is 217 g/mol. The van der Waals surface area contributed by atoms with Crippen LogP contribution >= 0.6 is 0 Å². The van der Waals surface area contributed by atoms with Gasteiger partial charge in [0.05, 0.1) is 0 Å². The van der Waals surface area contributed by atoms with E-state index in [1.54, 1.807) is 24.4 Å². The smallest absolute Gasteiger partial charge is 0.207 e. The van der Waals surface area contributed by atoms with Crippen molar-refractivity contribution < 1.29 is 4.39 Å². The van der Waals surface area contributed by atoms with Crippen LogP contribution in [0.1, 0.15) is 0 Å². The van der Waals surface area contributed by atoms with Gasteiger partial charge in [0, 0.05) is 24.6 Å². The molecule has 2 aromatic rings. The molecular weight excluding hydrogens is 205 g/mol. The summed E-state index contributed by atoms with van der Waals surface area (Å²) in [7, 11) is 0. The number of aromatic nitrogens is 2. The summed E-state index contributed by atoms with van der Waals surface area (Å²) in [5.74, 6) is 0.400. The molecule has 0 aliphatic carbocycles. The van der Waals surface area contributed by atoms with E-state index in [4.69, 9.17) is 0 Å². The zero-order chi connectivity index (χ0) is 11.4. The van der Waals surface area contributed by atoms with Crippen molar-refractivity contribution in [2.24, 2.45) is 0 Å². The predicted octanol–water partition coefficient (Wildman–Crippen LogP) is 2.95. The number of halogens is 1. The number of rotatable bonds is 4. The molecule has 0 aliphatic heterocycles. The number of allylic oxidation sites excluding steroid dienone is 1. The van der Waals surface area contributed by atoms with Gasteiger partial charge < -0.3 is 9.88 Å². The summed E-state index contributed by atoms with van der Waals surface area (Å²) in [5, 5.41) is 3.04. The maximum absolute atomic E-state index is 13.0. The van der Waals surface area contributed by atoms with Crippen molar-refractivity contribution in [1.82, 2.24) is 9.55 Å². The highest BCUT2D eigenvalue weighted by molar-refractivity contribution is 5.53. The first kappa shape index (κ1) is 10.4. The van der Waals surface area contributed by atoms with Crippen LogP contribution in [0.3, 0.4) is 0 Å². The maximum atomic E-state index is 13.0. The van der Waals surface area contributed by atoms with Crippen molar-refractivity contribution in [2.75, 3.05) is 5.32 Å². The molecule has 0 saturated carbocycles. The van der Waals surface area contributed by atoms with Gasteiger partial charge in [0.1, 0.15) is 5.82 Å². The number of benzene rings is 1. The van der Waals surface area contributed by atoms with Crippen molar-refractivity contribution in [3.8, 4) is 0 Å². The van der Waals surface area contributed by atoms with Crippen molar-refractivity contribution in [3.63, 3.8) is 0 Å². The maximum Gasteiger partial charge on any atom is 0.207 e. The Labute approximate surface area is 93.2 Å². The molecule has 1 aromatic heterocycles. The Morgan fingerprint density at radius 1 is 1.50 bits per heavy atom. The van der Waals surface area contributed by atoms with Crippen LogP contribution in [0.5, 0.6) is 0 Å². The first-order chi connectivity index (χ1) is 7.79. The highest BCUT2D eigenvalue weighted by Crippen LogP contribution is 2.15. The van der Waals surface area contributed by atoms with Crippen molar-refractivity contribution in [1.29, 1.82) is 0 Å². The van der Waals surface area contributed by atoms with E-state index in [9.17, 15) is 4.39 Å². The van der Waals surface area contributed by atoms with Crippen LogP contribution in [-0.4, -0.2) is 9.55 Å². The Morgan fingerprint density at radius 3 is 3.12 bits per heavy atom. The van der Waals surface area contributed by atoms with Crippen molar-refractivity contribution in [3.05, 3.63) is 55.1 Å². The lowest BCUT2D eigenvalue weighted by atomic mass is 10.3. The van der Waals surface area contributed by atoms with E-state index in [1.165, 1.54) is 12.1 Å². The highest BCUT2D eigenvalue weighted by Gasteiger charge is 2.01. The molecule has 0 saturated heterocycles. The zero-order valence-corrected chi connectivity index (χ0v) is 8.73. The lowest BCUT2D eigenvalue weighted by molar-refractivity contribution is 0.628. The minimum absolute atomic E-state index is 0.271. The Morgan fingerprint density at radius 2 is 2.38 bits per heavy atom. The molecule has 4 heteroatoms. The van der Waals surface area contributed by atoms with E-state index >= 15 is 0 Å². The molecule has 2 rings (SSSR count). The van der Waals surface area contributed by atoms with Crippen molar-refractivity contribution >= 4 is 11.6 Å². The molecule has 0 aliphatic rings. The molecule has 0 radical (unpaired) electrons. The van der Waals surface area contributed by atoms with Gasteiger partial charge in [-0.15, -0.1) is 6.58 Å². The van der Waals surface area contributed by atoms with E-state index in [0.29, 0.717) is 18.2 Å². The molecule has 1 aromatic carbocycles. The minimum Gasteiger partial charge on any atom is -0.326 e. The Hall–Kier alpha value is -2.10. The number of nitrogens with zero attached hydrogens (tertiary/aromatic N) is 2. The van der Waals surface area contributed by atoms with E-state index in [2.05, 4.69) is 16.9 Å². The van der Waals surface area contributed by atoms with E-state index in [-0.39, 0.29) is 5.82 Å². The van der Waals surface area contributed by atoms with Gasteiger partial charge in [-0.1, -0.05) is 12.1 Å². The molecule has 0 atom stereocenters. The second-order valence-corrected chi connectivity index (χ2v) is 3.33. The average molecular weight is 217 g/mol. The number of imidazole rings is 1. The lowest BCUT2D eigenvalue weighted by Crippen LogP contribution is -2.01. The summed E-state index contributed by atoms with van der Waals surface area (Å²) >= 11 is 0. The Balaban J connectivity index is 2.20. The molecule has 0 fully saturated rings. The Kier molecular flexibility index (Phi) is 3.00.